The SMILES string of the molecule is CCC/C=C/C(=O)OC\C(=C/C=C/C(C)=C/C=C/C=C(C)/C=C/C=C(C)/C=C/[C@H]1C(C)=C[C@H](O)CC1(C)C)C(=O)CC1=C(C)C[C@@H](O)CC1(C)C. The van der Waals surface area contributed by atoms with Gasteiger partial charge in [0, 0.05) is 24.0 Å². The highest BCUT2D eigenvalue weighted by Crippen LogP contribution is 2.43. The minimum Gasteiger partial charge on any atom is -0.458 e. The Bertz CT molecular complexity index is 1560. The number of hydrogen-bond donors (Lipinski definition) is 2. The van der Waals surface area contributed by atoms with Gasteiger partial charge >= 0.3 is 5.97 Å². The third kappa shape index (κ3) is 15.5. The van der Waals surface area contributed by atoms with Crippen LogP contribution in [0.15, 0.2) is 130 Å². The molecule has 0 saturated carbocycles. The van der Waals surface area contributed by atoms with Crippen molar-refractivity contribution in [2.75, 3.05) is 6.61 Å². The third-order valence-electron chi connectivity index (χ3n) is 9.67. The fourth-order valence-corrected chi connectivity index (χ4v) is 6.93. The number of aliphatic hydroxyl groups excluding tert-OH is 2. The summed E-state index contributed by atoms with van der Waals surface area (Å²) in [7, 11) is 0. The summed E-state index contributed by atoms with van der Waals surface area (Å²) in [6.07, 6.45) is 32.5. The van der Waals surface area contributed by atoms with Crippen LogP contribution in [0.3, 0.4) is 0 Å². The summed E-state index contributed by atoms with van der Waals surface area (Å²) in [5.74, 6) is -0.230. The van der Waals surface area contributed by atoms with E-state index in [-0.39, 0.29) is 35.7 Å². The molecule has 0 spiro atoms. The third-order valence-corrected chi connectivity index (χ3v) is 9.67. The molecule has 3 atom stereocenters. The van der Waals surface area contributed by atoms with E-state index < -0.39 is 12.1 Å². The van der Waals surface area contributed by atoms with E-state index in [4.69, 9.17) is 4.74 Å². The molecule has 2 rings (SSSR count). The summed E-state index contributed by atoms with van der Waals surface area (Å²) in [4.78, 5) is 25.8. The summed E-state index contributed by atoms with van der Waals surface area (Å²) in [5, 5.41) is 20.4. The fourth-order valence-electron chi connectivity index (χ4n) is 6.93. The summed E-state index contributed by atoms with van der Waals surface area (Å²) in [5.41, 5.74) is 6.79. The van der Waals surface area contributed by atoms with Crippen LogP contribution in [0.4, 0.5) is 0 Å². The Morgan fingerprint density at radius 3 is 2.02 bits per heavy atom. The first kappa shape index (κ1) is 43.4. The van der Waals surface area contributed by atoms with Crippen molar-refractivity contribution in [1.82, 2.24) is 0 Å². The normalized spacial score (nSPS) is 23.8. The molecule has 0 aromatic rings. The van der Waals surface area contributed by atoms with Gasteiger partial charge in [-0.3, -0.25) is 4.79 Å². The van der Waals surface area contributed by atoms with Crippen molar-refractivity contribution in [2.24, 2.45) is 16.7 Å². The Kier molecular flexibility index (Phi) is 17.8. The molecule has 2 aliphatic carbocycles. The summed E-state index contributed by atoms with van der Waals surface area (Å²) < 4.78 is 5.45. The van der Waals surface area contributed by atoms with Crippen molar-refractivity contribution in [2.45, 2.75) is 120 Å². The van der Waals surface area contributed by atoms with Gasteiger partial charge in [0.05, 0.1) is 12.2 Å². The van der Waals surface area contributed by atoms with Crippen LogP contribution in [0.2, 0.25) is 0 Å². The molecule has 0 unspecified atom stereocenters. The van der Waals surface area contributed by atoms with Crippen molar-refractivity contribution < 1.29 is 24.5 Å². The van der Waals surface area contributed by atoms with Crippen LogP contribution in [-0.2, 0) is 14.3 Å². The molecule has 5 nitrogen and oxygen atoms in total. The minimum atomic E-state index is -0.459. The molecule has 0 aliphatic heterocycles. The van der Waals surface area contributed by atoms with Gasteiger partial charge in [-0.15, -0.1) is 0 Å². The summed E-state index contributed by atoms with van der Waals surface area (Å²) >= 11 is 0. The number of carbonyl (C=O) groups excluding carboxylic acids is 2. The van der Waals surface area contributed by atoms with Crippen molar-refractivity contribution in [3.63, 3.8) is 0 Å². The molecule has 2 N–H and O–H groups in total. The number of esters is 1. The lowest BCUT2D eigenvalue weighted by atomic mass is 9.67. The lowest BCUT2D eigenvalue weighted by Gasteiger charge is -2.38. The van der Waals surface area contributed by atoms with E-state index in [0.29, 0.717) is 24.3 Å². The number of allylic oxidation sites excluding steroid dienone is 18. The van der Waals surface area contributed by atoms with Crippen LogP contribution in [0.1, 0.15) is 108 Å². The number of ketones is 1. The van der Waals surface area contributed by atoms with Gasteiger partial charge in [-0.2, -0.15) is 0 Å². The van der Waals surface area contributed by atoms with Crippen LogP contribution in [0, 0.1) is 16.7 Å². The number of carbonyl (C=O) groups is 2. The largest absolute Gasteiger partial charge is 0.458 e. The van der Waals surface area contributed by atoms with Crippen LogP contribution in [0.5, 0.6) is 0 Å². The number of hydrogen-bond acceptors (Lipinski definition) is 5. The average molecular weight is 697 g/mol. The molecular formula is C46H64O5. The van der Waals surface area contributed by atoms with Crippen molar-refractivity contribution >= 4 is 11.8 Å². The molecule has 0 aromatic heterocycles. The van der Waals surface area contributed by atoms with Gasteiger partial charge in [-0.25, -0.2) is 4.79 Å². The molecule has 0 bridgehead atoms. The Morgan fingerprint density at radius 2 is 1.43 bits per heavy atom. The van der Waals surface area contributed by atoms with Gasteiger partial charge in [0.1, 0.15) is 6.61 Å². The van der Waals surface area contributed by atoms with Gasteiger partial charge < -0.3 is 14.9 Å². The maximum Gasteiger partial charge on any atom is 0.330 e. The van der Waals surface area contributed by atoms with E-state index in [1.807, 2.05) is 57.2 Å². The van der Waals surface area contributed by atoms with Gasteiger partial charge in [0.15, 0.2) is 5.78 Å². The number of rotatable bonds is 16. The van der Waals surface area contributed by atoms with Crippen LogP contribution in [0.25, 0.3) is 0 Å². The van der Waals surface area contributed by atoms with Gasteiger partial charge in [-0.05, 0) is 71.1 Å². The first-order valence-electron chi connectivity index (χ1n) is 18.5. The molecule has 0 fully saturated rings. The predicted molar refractivity (Wildman–Crippen MR) is 214 cm³/mol. The molecule has 2 aliphatic rings. The molecule has 0 saturated heterocycles. The van der Waals surface area contributed by atoms with Gasteiger partial charge in [0.25, 0.3) is 0 Å². The Hall–Kier alpha value is -3.80. The quantitative estimate of drug-likeness (QED) is 0.0726. The second-order valence-electron chi connectivity index (χ2n) is 15.6. The number of ether oxygens (including phenoxy) is 1. The van der Waals surface area contributed by atoms with Crippen LogP contribution >= 0.6 is 0 Å². The van der Waals surface area contributed by atoms with Crippen molar-refractivity contribution in [3.8, 4) is 0 Å². The van der Waals surface area contributed by atoms with E-state index in [1.54, 1.807) is 12.2 Å². The maximum absolute atomic E-state index is 13.5. The molecule has 0 aromatic carbocycles. The summed E-state index contributed by atoms with van der Waals surface area (Å²) in [6.45, 7) is 20.8. The van der Waals surface area contributed by atoms with E-state index in [9.17, 15) is 19.8 Å². The standard InChI is InChI=1S/C46H64O5/c1-11-12-13-24-44(50)51-32-38(43(49)29-42-37(6)28-40(48)31-46(42,9)10)23-17-22-34(3)19-15-14-18-33(2)20-16-21-35(4)25-26-41-36(5)27-39(47)30-45(41,7)8/h13-27,39-41,47-48H,11-12,28-32H2,1-10H3/b15-14+,20-16+,22-17+,24-13+,26-25+,33-18+,34-19+,35-21+,38-23+/t39-,40+,41-/m0/s1. The number of Topliss-reactive ketones (excluding diaryl/α,β-unsaturated/α-hetero) is 1. The molecular weight excluding hydrogens is 633 g/mol. The highest BCUT2D eigenvalue weighted by Gasteiger charge is 2.35. The molecule has 0 radical (unpaired) electrons. The van der Waals surface area contributed by atoms with E-state index >= 15 is 0 Å². The summed E-state index contributed by atoms with van der Waals surface area (Å²) in [6, 6.07) is 0. The highest BCUT2D eigenvalue weighted by molar-refractivity contribution is 5.98. The molecule has 5 heteroatoms. The Morgan fingerprint density at radius 1 is 0.843 bits per heavy atom. The molecule has 51 heavy (non-hydrogen) atoms. The van der Waals surface area contributed by atoms with Gasteiger partial charge in [-0.1, -0.05) is 160 Å². The Balaban J connectivity index is 2.08. The molecule has 278 valence electrons. The number of unbranched alkanes of at least 4 members (excludes halogenated alkanes) is 1. The fraction of sp³-hybridized carbons (Fsp3) is 0.478. The first-order chi connectivity index (χ1) is 23.9. The second kappa shape index (κ2) is 20.9. The molecule has 0 heterocycles. The zero-order valence-electron chi connectivity index (χ0n) is 33.0. The predicted octanol–water partition coefficient (Wildman–Crippen LogP) is 10.7. The topological polar surface area (TPSA) is 83.8 Å². The van der Waals surface area contributed by atoms with E-state index in [2.05, 4.69) is 84.9 Å². The zero-order valence-corrected chi connectivity index (χ0v) is 33.0. The van der Waals surface area contributed by atoms with Crippen molar-refractivity contribution in [3.05, 3.63) is 130 Å². The lowest BCUT2D eigenvalue weighted by Crippen LogP contribution is -2.32. The van der Waals surface area contributed by atoms with Crippen LogP contribution < -0.4 is 0 Å². The monoisotopic (exact) mass is 696 g/mol. The second-order valence-corrected chi connectivity index (χ2v) is 15.6. The van der Waals surface area contributed by atoms with Crippen molar-refractivity contribution in [1.29, 1.82) is 0 Å². The maximum atomic E-state index is 13.5. The Labute approximate surface area is 309 Å². The smallest absolute Gasteiger partial charge is 0.330 e. The van der Waals surface area contributed by atoms with E-state index in [0.717, 1.165) is 41.6 Å². The van der Waals surface area contributed by atoms with Gasteiger partial charge in [0.2, 0.25) is 0 Å². The van der Waals surface area contributed by atoms with E-state index in [1.165, 1.54) is 17.2 Å². The zero-order chi connectivity index (χ0) is 38.2. The van der Waals surface area contributed by atoms with Crippen LogP contribution in [-0.4, -0.2) is 40.8 Å². The first-order valence-corrected chi connectivity index (χ1v) is 18.5. The highest BCUT2D eigenvalue weighted by atomic mass is 16.5. The molecule has 0 amide bonds. The average Bonchev–Trinajstić information content (AvgIpc) is 3.01. The number of aliphatic hydroxyl groups is 2. The lowest BCUT2D eigenvalue weighted by molar-refractivity contribution is -0.137. The minimum absolute atomic E-state index is 0.0234.